The molecule has 2 rings (SSSR count). The lowest BCUT2D eigenvalue weighted by atomic mass is 9.95. The van der Waals surface area contributed by atoms with E-state index in [0.29, 0.717) is 12.1 Å². The molecule has 1 atom stereocenters. The Labute approximate surface area is 122 Å². The first kappa shape index (κ1) is 15.0. The largest absolute Gasteiger partial charge is 0.462 e. The Morgan fingerprint density at radius 2 is 2.10 bits per heavy atom. The summed E-state index contributed by atoms with van der Waals surface area (Å²) in [6.45, 7) is 3.74. The van der Waals surface area contributed by atoms with Crippen molar-refractivity contribution in [2.75, 3.05) is 6.61 Å². The van der Waals surface area contributed by atoms with Gasteiger partial charge < -0.3 is 15.4 Å². The minimum absolute atomic E-state index is 0.216. The van der Waals surface area contributed by atoms with E-state index in [1.165, 1.54) is 12.1 Å². The van der Waals surface area contributed by atoms with Crippen LogP contribution in [0.25, 0.3) is 0 Å². The third-order valence-electron chi connectivity index (χ3n) is 3.14. The summed E-state index contributed by atoms with van der Waals surface area (Å²) >= 11 is 0. The Kier molecular flexibility index (Phi) is 4.57. The van der Waals surface area contributed by atoms with Crippen molar-refractivity contribution in [3.05, 3.63) is 46.9 Å². The number of hydrogen-bond donors (Lipinski definition) is 2. The maximum Gasteiger partial charge on any atom is 0.338 e. The van der Waals surface area contributed by atoms with Crippen molar-refractivity contribution < 1.29 is 18.7 Å². The van der Waals surface area contributed by atoms with Gasteiger partial charge in [-0.3, -0.25) is 0 Å². The van der Waals surface area contributed by atoms with E-state index in [1.807, 2.05) is 6.92 Å². The summed E-state index contributed by atoms with van der Waals surface area (Å²) in [5.74, 6) is -1.05. The van der Waals surface area contributed by atoms with Gasteiger partial charge in [-0.2, -0.15) is 0 Å². The predicted octanol–water partition coefficient (Wildman–Crippen LogP) is 2.41. The van der Waals surface area contributed by atoms with Gasteiger partial charge in [0.15, 0.2) is 0 Å². The molecule has 1 aliphatic rings. The number of allylic oxidation sites excluding steroid dienone is 1. The van der Waals surface area contributed by atoms with Crippen molar-refractivity contribution in [1.82, 2.24) is 10.6 Å². The van der Waals surface area contributed by atoms with Crippen molar-refractivity contribution in [3.8, 4) is 0 Å². The van der Waals surface area contributed by atoms with Crippen molar-refractivity contribution in [3.63, 3.8) is 0 Å². The lowest BCUT2D eigenvalue weighted by Gasteiger charge is -2.28. The molecule has 0 aromatic heterocycles. The number of hydrogen-bond acceptors (Lipinski definition) is 3. The molecular weight excluding hydrogens is 275 g/mol. The second-order valence-electron chi connectivity index (χ2n) is 4.73. The van der Waals surface area contributed by atoms with E-state index in [4.69, 9.17) is 4.74 Å². The molecule has 0 saturated heterocycles. The second kappa shape index (κ2) is 6.39. The zero-order chi connectivity index (χ0) is 15.4. The second-order valence-corrected chi connectivity index (χ2v) is 4.73. The number of carbonyl (C=O) groups is 2. The molecule has 5 nitrogen and oxygen atoms in total. The van der Waals surface area contributed by atoms with Gasteiger partial charge in [-0.15, -0.1) is 0 Å². The fourth-order valence-corrected chi connectivity index (χ4v) is 2.18. The van der Waals surface area contributed by atoms with E-state index in [0.717, 1.165) is 0 Å². The minimum Gasteiger partial charge on any atom is -0.462 e. The van der Waals surface area contributed by atoms with Crippen LogP contribution in [0.1, 0.15) is 31.9 Å². The molecule has 1 heterocycles. The Morgan fingerprint density at radius 3 is 2.76 bits per heavy atom. The van der Waals surface area contributed by atoms with Crippen molar-refractivity contribution in [1.29, 1.82) is 0 Å². The lowest BCUT2D eigenvalue weighted by Crippen LogP contribution is -2.45. The van der Waals surface area contributed by atoms with Crippen LogP contribution in [0, 0.1) is 5.82 Å². The number of benzene rings is 1. The molecule has 112 valence electrons. The lowest BCUT2D eigenvalue weighted by molar-refractivity contribution is -0.139. The standard InChI is InChI=1S/C15H17FN2O3/c1-3-8-21-14(19)12-9(2)17-15(20)18-13(12)10-6-4-5-7-11(10)16/h4-7,13H,3,8H2,1-2H3,(H2,17,18,20)/t13-/m1/s1. The molecule has 0 aliphatic carbocycles. The highest BCUT2D eigenvalue weighted by Gasteiger charge is 2.33. The Morgan fingerprint density at radius 1 is 1.38 bits per heavy atom. The van der Waals surface area contributed by atoms with Crippen LogP contribution in [0.3, 0.4) is 0 Å². The predicted molar refractivity (Wildman–Crippen MR) is 74.8 cm³/mol. The van der Waals surface area contributed by atoms with Crippen LogP contribution in [0.4, 0.5) is 9.18 Å². The van der Waals surface area contributed by atoms with Crippen LogP contribution >= 0.6 is 0 Å². The molecule has 2 N–H and O–H groups in total. The van der Waals surface area contributed by atoms with Crippen LogP contribution in [-0.2, 0) is 9.53 Å². The Bertz CT molecular complexity index is 598. The maximum absolute atomic E-state index is 14.0. The zero-order valence-electron chi connectivity index (χ0n) is 11.9. The zero-order valence-corrected chi connectivity index (χ0v) is 11.9. The van der Waals surface area contributed by atoms with Crippen LogP contribution in [-0.4, -0.2) is 18.6 Å². The Balaban J connectivity index is 2.41. The molecular formula is C15H17FN2O3. The van der Waals surface area contributed by atoms with E-state index in [-0.39, 0.29) is 17.7 Å². The third kappa shape index (κ3) is 3.21. The van der Waals surface area contributed by atoms with Gasteiger partial charge in [0.05, 0.1) is 18.2 Å². The average Bonchev–Trinajstić information content (AvgIpc) is 2.44. The van der Waals surface area contributed by atoms with Gasteiger partial charge in [0.2, 0.25) is 0 Å². The van der Waals surface area contributed by atoms with Crippen molar-refractivity contribution >= 4 is 12.0 Å². The molecule has 1 aliphatic heterocycles. The van der Waals surface area contributed by atoms with Crippen LogP contribution < -0.4 is 10.6 Å². The molecule has 0 saturated carbocycles. The van der Waals surface area contributed by atoms with E-state index in [9.17, 15) is 14.0 Å². The molecule has 0 fully saturated rings. The summed E-state index contributed by atoms with van der Waals surface area (Å²) in [5, 5.41) is 5.07. The number of halogens is 1. The first-order valence-electron chi connectivity index (χ1n) is 6.74. The molecule has 6 heteroatoms. The van der Waals surface area contributed by atoms with Crippen LogP contribution in [0.15, 0.2) is 35.5 Å². The topological polar surface area (TPSA) is 67.4 Å². The molecule has 0 spiro atoms. The number of esters is 1. The first-order valence-corrected chi connectivity index (χ1v) is 6.74. The van der Waals surface area contributed by atoms with Crippen molar-refractivity contribution in [2.45, 2.75) is 26.3 Å². The molecule has 0 bridgehead atoms. The fourth-order valence-electron chi connectivity index (χ4n) is 2.18. The van der Waals surface area contributed by atoms with Gasteiger partial charge in [-0.25, -0.2) is 14.0 Å². The average molecular weight is 292 g/mol. The van der Waals surface area contributed by atoms with Gasteiger partial charge in [0.1, 0.15) is 5.82 Å². The van der Waals surface area contributed by atoms with Gasteiger partial charge in [-0.1, -0.05) is 25.1 Å². The molecule has 0 unspecified atom stereocenters. The summed E-state index contributed by atoms with van der Waals surface area (Å²) in [5.41, 5.74) is 0.816. The van der Waals surface area contributed by atoms with Gasteiger partial charge in [0, 0.05) is 11.3 Å². The highest BCUT2D eigenvalue weighted by Crippen LogP contribution is 2.29. The SMILES string of the molecule is CCCOC(=O)C1=C(C)NC(=O)N[C@@H]1c1ccccc1F. The molecule has 1 aromatic rings. The summed E-state index contributed by atoms with van der Waals surface area (Å²) in [6, 6.07) is 4.68. The van der Waals surface area contributed by atoms with Gasteiger partial charge in [-0.05, 0) is 19.4 Å². The normalized spacial score (nSPS) is 18.0. The Hall–Kier alpha value is -2.37. The quantitative estimate of drug-likeness (QED) is 0.837. The highest BCUT2D eigenvalue weighted by molar-refractivity contribution is 5.95. The molecule has 0 radical (unpaired) electrons. The monoisotopic (exact) mass is 292 g/mol. The number of rotatable bonds is 4. The summed E-state index contributed by atoms with van der Waals surface area (Å²) in [4.78, 5) is 23.8. The maximum atomic E-state index is 14.0. The number of carbonyl (C=O) groups excluding carboxylic acids is 2. The van der Waals surface area contributed by atoms with E-state index >= 15 is 0 Å². The number of urea groups is 1. The van der Waals surface area contributed by atoms with E-state index in [2.05, 4.69) is 10.6 Å². The third-order valence-corrected chi connectivity index (χ3v) is 3.14. The number of amides is 2. The smallest absolute Gasteiger partial charge is 0.338 e. The fraction of sp³-hybridized carbons (Fsp3) is 0.333. The van der Waals surface area contributed by atoms with Crippen molar-refractivity contribution in [2.24, 2.45) is 0 Å². The van der Waals surface area contributed by atoms with E-state index < -0.39 is 23.9 Å². The van der Waals surface area contributed by atoms with E-state index in [1.54, 1.807) is 19.1 Å². The number of nitrogens with one attached hydrogen (secondary N) is 2. The molecule has 2 amide bonds. The summed E-state index contributed by atoms with van der Waals surface area (Å²) in [6.07, 6.45) is 0.683. The minimum atomic E-state index is -0.857. The summed E-state index contributed by atoms with van der Waals surface area (Å²) in [7, 11) is 0. The van der Waals surface area contributed by atoms with Crippen LogP contribution in [0.5, 0.6) is 0 Å². The highest BCUT2D eigenvalue weighted by atomic mass is 19.1. The molecule has 1 aromatic carbocycles. The first-order chi connectivity index (χ1) is 10.0. The van der Waals surface area contributed by atoms with Gasteiger partial charge >= 0.3 is 12.0 Å². The van der Waals surface area contributed by atoms with Gasteiger partial charge in [0.25, 0.3) is 0 Å². The molecule has 21 heavy (non-hydrogen) atoms. The summed E-state index contributed by atoms with van der Waals surface area (Å²) < 4.78 is 19.1. The number of ether oxygens (including phenoxy) is 1. The van der Waals surface area contributed by atoms with Crippen LogP contribution in [0.2, 0.25) is 0 Å².